The fourth-order valence-corrected chi connectivity index (χ4v) is 3.05. The molecular formula is C20H21F2N5O. The third kappa shape index (κ3) is 3.71. The van der Waals surface area contributed by atoms with Gasteiger partial charge in [0.2, 0.25) is 5.56 Å². The lowest BCUT2D eigenvalue weighted by Crippen LogP contribution is -2.14. The van der Waals surface area contributed by atoms with E-state index in [1.54, 1.807) is 4.57 Å². The number of pyridine rings is 1. The van der Waals surface area contributed by atoms with Gasteiger partial charge in [-0.15, -0.1) is 0 Å². The van der Waals surface area contributed by atoms with E-state index in [9.17, 15) is 13.6 Å². The average molecular weight is 385 g/mol. The Morgan fingerprint density at radius 2 is 2.14 bits per heavy atom. The molecular weight excluding hydrogens is 364 g/mol. The number of benzene rings is 1. The van der Waals surface area contributed by atoms with Crippen LogP contribution >= 0.6 is 0 Å². The van der Waals surface area contributed by atoms with Crippen molar-refractivity contribution in [3.05, 3.63) is 64.2 Å². The number of hydrogen-bond donors (Lipinski definition) is 2. The number of nitrogens with two attached hydrogens (primary N) is 1. The number of hydrogen-bond acceptors (Lipinski definition) is 4. The monoisotopic (exact) mass is 385 g/mol. The predicted octanol–water partition coefficient (Wildman–Crippen LogP) is 3.72. The Bertz CT molecular complexity index is 1130. The lowest BCUT2D eigenvalue weighted by molar-refractivity contribution is 0.515. The second kappa shape index (κ2) is 7.75. The van der Waals surface area contributed by atoms with E-state index in [0.717, 1.165) is 6.07 Å². The molecule has 8 heteroatoms. The van der Waals surface area contributed by atoms with Gasteiger partial charge >= 0.3 is 0 Å². The molecule has 2 aromatic heterocycles. The maximum atomic E-state index is 14.2. The number of aliphatic imine (C=N–C) groups is 1. The van der Waals surface area contributed by atoms with E-state index in [4.69, 9.17) is 5.73 Å². The van der Waals surface area contributed by atoms with Gasteiger partial charge in [0.05, 0.1) is 12.1 Å². The van der Waals surface area contributed by atoms with E-state index in [1.165, 1.54) is 24.4 Å². The van der Waals surface area contributed by atoms with E-state index in [1.807, 2.05) is 13.8 Å². The summed E-state index contributed by atoms with van der Waals surface area (Å²) in [7, 11) is 0. The summed E-state index contributed by atoms with van der Waals surface area (Å²) in [5, 5.41) is 0.401. The fraction of sp³-hybridized carbons (Fsp3) is 0.250. The minimum absolute atomic E-state index is 0.170. The number of rotatable bonds is 6. The van der Waals surface area contributed by atoms with Crippen molar-refractivity contribution in [1.82, 2.24) is 14.5 Å². The second-order valence-electron chi connectivity index (χ2n) is 6.88. The molecule has 0 amide bonds. The van der Waals surface area contributed by atoms with E-state index in [-0.39, 0.29) is 12.1 Å². The minimum Gasteiger partial charge on any atom is -0.382 e. The largest absolute Gasteiger partial charge is 0.382 e. The summed E-state index contributed by atoms with van der Waals surface area (Å²) in [4.78, 5) is 23.0. The van der Waals surface area contributed by atoms with E-state index in [0.29, 0.717) is 40.7 Å². The lowest BCUT2D eigenvalue weighted by atomic mass is 10.1. The van der Waals surface area contributed by atoms with Gasteiger partial charge in [0.1, 0.15) is 5.82 Å². The zero-order chi connectivity index (χ0) is 20.4. The number of imidazole rings is 1. The fourth-order valence-electron chi connectivity index (χ4n) is 3.05. The van der Waals surface area contributed by atoms with Crippen LogP contribution < -0.4 is 11.3 Å². The zero-order valence-electron chi connectivity index (χ0n) is 15.7. The van der Waals surface area contributed by atoms with Crippen LogP contribution in [0.5, 0.6) is 0 Å². The number of anilines is 1. The van der Waals surface area contributed by atoms with Crippen LogP contribution in [0.4, 0.5) is 20.4 Å². The van der Waals surface area contributed by atoms with Gasteiger partial charge in [-0.1, -0.05) is 26.5 Å². The SMILES string of the molecule is C=C/C=N\c1nc(CC(C)C)n(Cc2cc(=O)[nH]c3c(F)c(F)ccc23)c1N. The van der Waals surface area contributed by atoms with Gasteiger partial charge in [-0.05, 0) is 23.6 Å². The molecule has 0 saturated carbocycles. The summed E-state index contributed by atoms with van der Waals surface area (Å²) in [6, 6.07) is 3.82. The highest BCUT2D eigenvalue weighted by atomic mass is 19.2. The molecule has 3 rings (SSSR count). The Hall–Kier alpha value is -3.29. The Labute approximate surface area is 160 Å². The highest BCUT2D eigenvalue weighted by Gasteiger charge is 2.18. The predicted molar refractivity (Wildman–Crippen MR) is 107 cm³/mol. The third-order valence-corrected chi connectivity index (χ3v) is 4.28. The minimum atomic E-state index is -1.09. The molecule has 0 fully saturated rings. The number of H-pyrrole nitrogens is 1. The molecule has 0 aliphatic rings. The smallest absolute Gasteiger partial charge is 0.248 e. The van der Waals surface area contributed by atoms with Crippen molar-refractivity contribution in [1.29, 1.82) is 0 Å². The lowest BCUT2D eigenvalue weighted by Gasteiger charge is -2.13. The maximum Gasteiger partial charge on any atom is 0.248 e. The maximum absolute atomic E-state index is 14.2. The molecule has 0 spiro atoms. The summed E-state index contributed by atoms with van der Waals surface area (Å²) >= 11 is 0. The van der Waals surface area contributed by atoms with Crippen molar-refractivity contribution in [2.24, 2.45) is 10.9 Å². The Kier molecular flexibility index (Phi) is 5.39. The number of halogens is 2. The molecule has 0 aliphatic carbocycles. The van der Waals surface area contributed by atoms with Gasteiger partial charge in [0.25, 0.3) is 0 Å². The first kappa shape index (κ1) is 19.5. The summed E-state index contributed by atoms with van der Waals surface area (Å²) in [6.45, 7) is 7.85. The van der Waals surface area contributed by atoms with Crippen LogP contribution in [-0.2, 0) is 13.0 Å². The van der Waals surface area contributed by atoms with Crippen molar-refractivity contribution in [3.63, 3.8) is 0 Å². The molecule has 3 aromatic rings. The first-order valence-corrected chi connectivity index (χ1v) is 8.81. The number of fused-ring (bicyclic) bond motifs is 1. The van der Waals surface area contributed by atoms with Gasteiger partial charge in [0.15, 0.2) is 23.3 Å². The van der Waals surface area contributed by atoms with Gasteiger partial charge in [0, 0.05) is 24.1 Å². The Balaban J connectivity index is 2.17. The molecule has 0 radical (unpaired) electrons. The van der Waals surface area contributed by atoms with Crippen LogP contribution in [0.2, 0.25) is 0 Å². The molecule has 2 heterocycles. The topological polar surface area (TPSA) is 89.1 Å². The average Bonchev–Trinajstić information content (AvgIpc) is 2.91. The highest BCUT2D eigenvalue weighted by Crippen LogP contribution is 2.27. The van der Waals surface area contributed by atoms with Crippen molar-refractivity contribution >= 4 is 28.8 Å². The van der Waals surface area contributed by atoms with Crippen LogP contribution in [0.3, 0.4) is 0 Å². The summed E-state index contributed by atoms with van der Waals surface area (Å²) < 4.78 is 29.5. The molecule has 28 heavy (non-hydrogen) atoms. The zero-order valence-corrected chi connectivity index (χ0v) is 15.7. The van der Waals surface area contributed by atoms with Crippen molar-refractivity contribution in [3.8, 4) is 0 Å². The van der Waals surface area contributed by atoms with Crippen LogP contribution in [0.1, 0.15) is 25.2 Å². The first-order valence-electron chi connectivity index (χ1n) is 8.81. The number of aromatic amines is 1. The highest BCUT2D eigenvalue weighted by molar-refractivity contribution is 5.82. The quantitative estimate of drug-likeness (QED) is 0.634. The molecule has 146 valence electrons. The number of nitrogen functional groups attached to an aromatic ring is 1. The van der Waals surface area contributed by atoms with Gasteiger partial charge in [-0.2, -0.15) is 0 Å². The number of aromatic nitrogens is 3. The second-order valence-corrected chi connectivity index (χ2v) is 6.88. The van der Waals surface area contributed by atoms with E-state index >= 15 is 0 Å². The van der Waals surface area contributed by atoms with Crippen LogP contribution in [0.25, 0.3) is 10.9 Å². The first-order chi connectivity index (χ1) is 13.3. The molecule has 0 atom stereocenters. The molecule has 0 bridgehead atoms. The van der Waals surface area contributed by atoms with E-state index < -0.39 is 17.2 Å². The normalized spacial score (nSPS) is 11.8. The Morgan fingerprint density at radius 3 is 2.82 bits per heavy atom. The van der Waals surface area contributed by atoms with Gasteiger partial charge in [-0.25, -0.2) is 18.8 Å². The molecule has 0 aliphatic heterocycles. The summed E-state index contributed by atoms with van der Waals surface area (Å²) in [6.07, 6.45) is 3.64. The Morgan fingerprint density at radius 1 is 1.39 bits per heavy atom. The van der Waals surface area contributed by atoms with Gasteiger partial charge < -0.3 is 15.3 Å². The molecule has 0 unspecified atom stereocenters. The van der Waals surface area contributed by atoms with Crippen LogP contribution in [0.15, 0.2) is 40.6 Å². The number of nitrogens with one attached hydrogen (secondary N) is 1. The number of nitrogens with zero attached hydrogens (tertiary/aromatic N) is 3. The van der Waals surface area contributed by atoms with Crippen LogP contribution in [-0.4, -0.2) is 20.7 Å². The molecule has 1 aromatic carbocycles. The van der Waals surface area contributed by atoms with Crippen molar-refractivity contribution in [2.45, 2.75) is 26.8 Å². The third-order valence-electron chi connectivity index (χ3n) is 4.28. The van der Waals surface area contributed by atoms with Crippen molar-refractivity contribution < 1.29 is 8.78 Å². The van der Waals surface area contributed by atoms with Crippen molar-refractivity contribution in [2.75, 3.05) is 5.73 Å². The molecule has 6 nitrogen and oxygen atoms in total. The molecule has 0 saturated heterocycles. The number of allylic oxidation sites excluding steroid dienone is 1. The summed E-state index contributed by atoms with van der Waals surface area (Å²) in [5.74, 6) is -0.441. The van der Waals surface area contributed by atoms with E-state index in [2.05, 4.69) is 21.5 Å². The standard InChI is InChI=1S/C20H21F2N5O/c1-4-7-24-20-19(23)27(15(25-20)8-11(2)3)10-12-9-16(28)26-18-13(12)5-6-14(21)17(18)22/h4-7,9,11H,1,8,10,23H2,2-3H3,(H,26,28)/b24-7-. The van der Waals surface area contributed by atoms with Gasteiger partial charge in [-0.3, -0.25) is 4.79 Å². The summed E-state index contributed by atoms with van der Waals surface area (Å²) in [5.41, 5.74) is 6.05. The van der Waals surface area contributed by atoms with Crippen LogP contribution in [0, 0.1) is 17.6 Å². The molecule has 3 N–H and O–H groups in total.